The van der Waals surface area contributed by atoms with Gasteiger partial charge in [-0.25, -0.2) is 9.97 Å². The highest BCUT2D eigenvalue weighted by atomic mass is 32.2. The highest BCUT2D eigenvalue weighted by Crippen LogP contribution is 2.51. The van der Waals surface area contributed by atoms with E-state index in [0.717, 1.165) is 29.2 Å². The summed E-state index contributed by atoms with van der Waals surface area (Å²) in [6.45, 7) is 0. The molecule has 0 radical (unpaired) electrons. The molecule has 8 bridgehead atoms. The number of benzene rings is 7. The number of hydrogen-bond acceptors (Lipinski definition) is 17. The van der Waals surface area contributed by atoms with Gasteiger partial charge in [-0.05, 0) is 91.0 Å². The SMILES string of the molecule is COc1cc(OC)c(-c2c3nc(c(-c4c(OC)cc(OC)cc4OC)c4ccc([nH]4)c(-c4cccc5c4oc4c(C(=O)N(c6cccc(S(=O)(=O)O)c6)c6cccc(S(=O)(=O)O)c6)cccc45)c4nc(c(-c5c(OC)cc(OC)cc5OC)c5ccc2[nH]5)C=C4)C=C3)c(OC)c1. The van der Waals surface area contributed by atoms with Crippen molar-refractivity contribution in [3.63, 3.8) is 0 Å². The van der Waals surface area contributed by atoms with Crippen LogP contribution in [-0.4, -0.2) is 116 Å². The molecule has 7 aromatic carbocycles. The van der Waals surface area contributed by atoms with Gasteiger partial charge in [0, 0.05) is 97.1 Å². The van der Waals surface area contributed by atoms with Crippen molar-refractivity contribution in [2.75, 3.05) is 68.9 Å². The molecule has 0 unspecified atom stereocenters. The summed E-state index contributed by atoms with van der Waals surface area (Å²) in [5.41, 5.74) is 8.47. The van der Waals surface area contributed by atoms with E-state index in [1.165, 1.54) is 30.3 Å². The van der Waals surface area contributed by atoms with E-state index < -0.39 is 35.9 Å². The van der Waals surface area contributed by atoms with Crippen LogP contribution in [0.4, 0.5) is 11.4 Å². The number of furan rings is 1. The maximum atomic E-state index is 15.6. The summed E-state index contributed by atoms with van der Waals surface area (Å²) in [5, 5.41) is 1.05. The highest BCUT2D eigenvalue weighted by Gasteiger charge is 2.31. The van der Waals surface area contributed by atoms with Gasteiger partial charge in [-0.2, -0.15) is 16.8 Å². The topological polar surface area (TPSA) is 283 Å². The third-order valence-electron chi connectivity index (χ3n) is 16.6. The lowest BCUT2D eigenvalue weighted by Crippen LogP contribution is -2.26. The molecule has 0 spiro atoms. The van der Waals surface area contributed by atoms with Crippen molar-refractivity contribution in [2.24, 2.45) is 0 Å². The summed E-state index contributed by atoms with van der Waals surface area (Å²) in [7, 11) is 4.34. The van der Waals surface area contributed by atoms with Crippen LogP contribution in [0, 0.1) is 0 Å². The van der Waals surface area contributed by atoms with E-state index in [-0.39, 0.29) is 22.5 Å². The number of carbonyl (C=O) groups excluding carboxylic acids is 1. The standard InChI is InChI=1S/C72H59N5O17S2/c1-85-40-32-57(88-4)67(58(33-40)89-5)64-51-24-22-49(73-51)63(47-20-12-18-45-46-19-13-21-48(71(46)94-70(45)47)72(78)77(38-14-10-16-43(30-38)95(79,80)81)39-15-11-17-44(31-39)96(82,83)84)50-23-25-52(74-50)65(68-59(90-6)34-41(86-2)35-60(68)91-7)54-27-29-56(76-54)66(55-28-26-53(64)75-55)69-61(92-8)36-42(87-3)37-62(69)93-9/h10-37,73,76H,1-9H3,(H,79,80,81)(H,82,83,84). The van der Waals surface area contributed by atoms with Gasteiger partial charge >= 0.3 is 0 Å². The van der Waals surface area contributed by atoms with Crippen LogP contribution in [0.1, 0.15) is 33.1 Å². The Morgan fingerprint density at radius 2 is 0.729 bits per heavy atom. The van der Waals surface area contributed by atoms with Gasteiger partial charge in [0.2, 0.25) is 0 Å². The molecule has 0 aliphatic carbocycles. The van der Waals surface area contributed by atoms with Crippen LogP contribution in [-0.2, 0) is 20.2 Å². The minimum atomic E-state index is -4.82. The number of anilines is 2. The number of ether oxygens (including phenoxy) is 9. The van der Waals surface area contributed by atoms with Crippen LogP contribution in [0.25, 0.3) is 113 Å². The first-order valence-corrected chi connectivity index (χ1v) is 32.2. The summed E-state index contributed by atoms with van der Waals surface area (Å²) in [4.78, 5) is 34.1. The van der Waals surface area contributed by atoms with Crippen molar-refractivity contribution in [1.29, 1.82) is 0 Å². The van der Waals surface area contributed by atoms with Gasteiger partial charge in [-0.15, -0.1) is 0 Å². The second kappa shape index (κ2) is 25.1. The number of aromatic nitrogens is 4. The van der Waals surface area contributed by atoms with Crippen LogP contribution in [0.2, 0.25) is 0 Å². The molecule has 4 aromatic heterocycles. The molecule has 24 heteroatoms. The molecule has 0 atom stereocenters. The van der Waals surface area contributed by atoms with Crippen LogP contribution in [0.5, 0.6) is 51.7 Å². The van der Waals surface area contributed by atoms with Gasteiger partial charge in [-0.3, -0.25) is 18.8 Å². The van der Waals surface area contributed by atoms with Crippen molar-refractivity contribution in [1.82, 2.24) is 19.9 Å². The van der Waals surface area contributed by atoms with E-state index in [9.17, 15) is 25.9 Å². The Balaban J connectivity index is 1.17. The third kappa shape index (κ3) is 11.0. The Morgan fingerprint density at radius 1 is 0.396 bits per heavy atom. The Hall–Kier alpha value is -11.6. The summed E-state index contributed by atoms with van der Waals surface area (Å²) < 4.78 is 132. The van der Waals surface area contributed by atoms with Crippen molar-refractivity contribution in [2.45, 2.75) is 9.79 Å². The van der Waals surface area contributed by atoms with Crippen LogP contribution < -0.4 is 47.5 Å². The van der Waals surface area contributed by atoms with Crippen LogP contribution in [0.15, 0.2) is 160 Å². The van der Waals surface area contributed by atoms with E-state index >= 15 is 4.79 Å². The number of hydrogen-bond donors (Lipinski definition) is 4. The number of methoxy groups -OCH3 is 9. The van der Waals surface area contributed by atoms with Gasteiger partial charge in [0.1, 0.15) is 62.9 Å². The first-order chi connectivity index (χ1) is 46.3. The Morgan fingerprint density at radius 3 is 1.08 bits per heavy atom. The van der Waals surface area contributed by atoms with Crippen molar-refractivity contribution in [3.8, 4) is 96.3 Å². The zero-order valence-corrected chi connectivity index (χ0v) is 54.5. The molecular weight excluding hydrogens is 1270 g/mol. The smallest absolute Gasteiger partial charge is 0.294 e. The molecule has 6 heterocycles. The zero-order valence-electron chi connectivity index (χ0n) is 52.8. The fraction of sp³-hybridized carbons (Fsp3) is 0.125. The van der Waals surface area contributed by atoms with Gasteiger partial charge in [0.15, 0.2) is 0 Å². The molecular formula is C72H59N5O17S2. The third-order valence-corrected chi connectivity index (χ3v) is 18.3. The lowest BCUT2D eigenvalue weighted by molar-refractivity contribution is 0.0999. The number of fused-ring (bicyclic) bond motifs is 11. The van der Waals surface area contributed by atoms with Crippen molar-refractivity contribution >= 4 is 106 Å². The summed E-state index contributed by atoms with van der Waals surface area (Å²) in [5.74, 6) is 2.99. The van der Waals surface area contributed by atoms with Gasteiger partial charge in [-0.1, -0.05) is 42.5 Å². The highest BCUT2D eigenvalue weighted by molar-refractivity contribution is 7.86. The molecule has 2 aliphatic heterocycles. The first-order valence-electron chi connectivity index (χ1n) is 29.4. The van der Waals surface area contributed by atoms with Gasteiger partial charge in [0.05, 0.1) is 130 Å². The number of carbonyl (C=O) groups is 1. The number of aromatic amines is 2. The lowest BCUT2D eigenvalue weighted by atomic mass is 10.00. The molecule has 13 rings (SSSR count). The minimum Gasteiger partial charge on any atom is -0.496 e. The first kappa shape index (κ1) is 63.2. The summed E-state index contributed by atoms with van der Waals surface area (Å²) in [6.07, 6.45) is 7.55. The molecule has 0 saturated heterocycles. The van der Waals surface area contributed by atoms with E-state index in [2.05, 4.69) is 9.97 Å². The normalized spacial score (nSPS) is 12.0. The van der Waals surface area contributed by atoms with Crippen molar-refractivity contribution < 1.29 is 77.8 Å². The predicted molar refractivity (Wildman–Crippen MR) is 366 cm³/mol. The molecule has 0 saturated carbocycles. The molecule has 96 heavy (non-hydrogen) atoms. The Kier molecular flexibility index (Phi) is 16.5. The molecule has 2 aliphatic rings. The fourth-order valence-electron chi connectivity index (χ4n) is 12.3. The second-order valence-corrected chi connectivity index (χ2v) is 24.6. The van der Waals surface area contributed by atoms with E-state index in [1.54, 1.807) is 113 Å². The molecule has 4 N–H and O–H groups in total. The monoisotopic (exact) mass is 1330 g/mol. The number of rotatable bonds is 18. The van der Waals surface area contributed by atoms with E-state index in [4.69, 9.17) is 57.0 Å². The molecule has 11 aromatic rings. The van der Waals surface area contributed by atoms with Crippen LogP contribution >= 0.6 is 0 Å². The van der Waals surface area contributed by atoms with Crippen LogP contribution in [0.3, 0.4) is 0 Å². The number of H-pyrrole nitrogens is 2. The number of nitrogens with one attached hydrogen (secondary N) is 2. The molecule has 22 nitrogen and oxygen atoms in total. The van der Waals surface area contributed by atoms with Gasteiger partial charge in [0.25, 0.3) is 26.1 Å². The molecule has 1 amide bonds. The Bertz CT molecular complexity index is 5310. The van der Waals surface area contributed by atoms with Gasteiger partial charge < -0.3 is 57.0 Å². The largest absolute Gasteiger partial charge is 0.496 e. The maximum Gasteiger partial charge on any atom is 0.294 e. The molecule has 0 fully saturated rings. The summed E-state index contributed by atoms with van der Waals surface area (Å²) in [6, 6.07) is 38.5. The predicted octanol–water partition coefficient (Wildman–Crippen LogP) is 14.8. The lowest BCUT2D eigenvalue weighted by Gasteiger charge is -2.24. The average Bonchev–Trinajstić information content (AvgIpc) is 1.57. The quantitative estimate of drug-likeness (QED) is 0.0581. The van der Waals surface area contributed by atoms with E-state index in [0.29, 0.717) is 157 Å². The Labute approximate surface area is 549 Å². The van der Waals surface area contributed by atoms with E-state index in [1.807, 2.05) is 66.8 Å². The number of amides is 1. The zero-order chi connectivity index (χ0) is 67.5. The summed E-state index contributed by atoms with van der Waals surface area (Å²) >= 11 is 0. The fourth-order valence-corrected chi connectivity index (χ4v) is 13.3. The maximum absolute atomic E-state index is 15.6. The van der Waals surface area contributed by atoms with Crippen molar-refractivity contribution in [3.05, 3.63) is 174 Å². The second-order valence-electron chi connectivity index (χ2n) is 21.8. The average molecular weight is 1330 g/mol. The molecule has 486 valence electrons. The number of para-hydroxylation sites is 2. The number of nitrogens with zero attached hydrogens (tertiary/aromatic N) is 3. The minimum absolute atomic E-state index is 0.0394.